The van der Waals surface area contributed by atoms with E-state index >= 15 is 0 Å². The Balaban J connectivity index is 1.53. The molecule has 0 spiro atoms. The van der Waals surface area contributed by atoms with E-state index in [0.29, 0.717) is 29.8 Å². The van der Waals surface area contributed by atoms with E-state index in [9.17, 15) is 4.79 Å². The number of allylic oxidation sites excluding steroid dienone is 2. The van der Waals surface area contributed by atoms with Crippen molar-refractivity contribution in [2.45, 2.75) is 91.6 Å². The highest BCUT2D eigenvalue weighted by Crippen LogP contribution is 2.66. The number of hydrogen-bond donors (Lipinski definition) is 1. The molecule has 0 saturated heterocycles. The maximum absolute atomic E-state index is 11.1. The maximum atomic E-state index is 11.1. The summed E-state index contributed by atoms with van der Waals surface area (Å²) in [4.78, 5) is 11.1. The lowest BCUT2D eigenvalue weighted by Crippen LogP contribution is -2.52. The van der Waals surface area contributed by atoms with Gasteiger partial charge in [0, 0.05) is 13.0 Å². The Kier molecular flexibility index (Phi) is 5.92. The second-order valence-corrected chi connectivity index (χ2v) is 11.2. The van der Waals surface area contributed by atoms with Crippen LogP contribution < -0.4 is 0 Å². The molecule has 9 atom stereocenters. The van der Waals surface area contributed by atoms with Crippen molar-refractivity contribution < 1.29 is 14.6 Å². The number of fused-ring (bicyclic) bond motifs is 5. The molecule has 0 radical (unpaired) electrons. The third-order valence-corrected chi connectivity index (χ3v) is 10.0. The Hall–Kier alpha value is -0.830. The van der Waals surface area contributed by atoms with E-state index in [4.69, 9.17) is 9.84 Å². The molecule has 0 bridgehead atoms. The van der Waals surface area contributed by atoms with Gasteiger partial charge in [-0.25, -0.2) is 0 Å². The summed E-state index contributed by atoms with van der Waals surface area (Å²) in [6.45, 7) is 10.4. The Morgan fingerprint density at radius 2 is 2.00 bits per heavy atom. The van der Waals surface area contributed by atoms with Gasteiger partial charge in [0.05, 0.1) is 6.10 Å². The largest absolute Gasteiger partial charge is 0.481 e. The zero-order valence-corrected chi connectivity index (χ0v) is 19.0. The zero-order valence-electron chi connectivity index (χ0n) is 19.0. The molecule has 0 aromatic carbocycles. The molecule has 4 rings (SSSR count). The van der Waals surface area contributed by atoms with Crippen molar-refractivity contribution in [2.24, 2.45) is 46.3 Å². The number of hydrogen-bond acceptors (Lipinski definition) is 2. The van der Waals surface area contributed by atoms with Gasteiger partial charge in [0.25, 0.3) is 0 Å². The first kappa shape index (κ1) is 21.4. The van der Waals surface area contributed by atoms with E-state index in [0.717, 1.165) is 36.7 Å². The predicted octanol–water partition coefficient (Wildman–Crippen LogP) is 6.33. The molecule has 3 nitrogen and oxygen atoms in total. The summed E-state index contributed by atoms with van der Waals surface area (Å²) in [6, 6.07) is 0. The fraction of sp³-hybridized carbons (Fsp3) is 0.885. The topological polar surface area (TPSA) is 46.5 Å². The third kappa shape index (κ3) is 3.60. The van der Waals surface area contributed by atoms with E-state index in [1.165, 1.54) is 44.9 Å². The van der Waals surface area contributed by atoms with E-state index in [1.807, 2.05) is 0 Å². The van der Waals surface area contributed by atoms with Crippen molar-refractivity contribution in [3.05, 3.63) is 12.2 Å². The van der Waals surface area contributed by atoms with Crippen molar-refractivity contribution in [1.29, 1.82) is 0 Å². The van der Waals surface area contributed by atoms with Crippen LogP contribution in [0.2, 0.25) is 0 Å². The van der Waals surface area contributed by atoms with Crippen LogP contribution in [0.15, 0.2) is 12.2 Å². The number of rotatable bonds is 6. The predicted molar refractivity (Wildman–Crippen MR) is 117 cm³/mol. The molecule has 1 unspecified atom stereocenters. The molecule has 3 fully saturated rings. The maximum Gasteiger partial charge on any atom is 0.303 e. The van der Waals surface area contributed by atoms with E-state index in [-0.39, 0.29) is 5.41 Å². The molecule has 4 aliphatic rings. The van der Waals surface area contributed by atoms with Gasteiger partial charge in [-0.05, 0) is 105 Å². The van der Waals surface area contributed by atoms with Gasteiger partial charge in [-0.3, -0.25) is 4.79 Å². The Labute approximate surface area is 177 Å². The molecular weight excluding hydrogens is 360 g/mol. The summed E-state index contributed by atoms with van der Waals surface area (Å²) < 4.78 is 6.02. The summed E-state index contributed by atoms with van der Waals surface area (Å²) in [6.07, 6.45) is 16.0. The Morgan fingerprint density at radius 1 is 1.21 bits per heavy atom. The lowest BCUT2D eigenvalue weighted by atomic mass is 9.46. The van der Waals surface area contributed by atoms with Crippen LogP contribution in [0.25, 0.3) is 0 Å². The van der Waals surface area contributed by atoms with Gasteiger partial charge in [0.2, 0.25) is 0 Å². The Bertz CT molecular complexity index is 642. The molecule has 1 N–H and O–H groups in total. The average molecular weight is 403 g/mol. The minimum atomic E-state index is -0.648. The molecule has 0 aromatic rings. The van der Waals surface area contributed by atoms with Crippen molar-refractivity contribution in [2.75, 3.05) is 6.61 Å². The smallest absolute Gasteiger partial charge is 0.303 e. The highest BCUT2D eigenvalue weighted by molar-refractivity contribution is 5.66. The molecule has 0 aromatic heterocycles. The fourth-order valence-electron chi connectivity index (χ4n) is 8.47. The first-order chi connectivity index (χ1) is 13.8. The summed E-state index contributed by atoms with van der Waals surface area (Å²) in [5, 5.41) is 9.12. The average Bonchev–Trinajstić information content (AvgIpc) is 3.04. The molecule has 29 heavy (non-hydrogen) atoms. The SMILES string of the molecule is CCO[C@H]1CC[C@@]2(C)[C@H](CCC3[C@@H]4CC[C@H]([C@H](C)CCC(=O)O)[C@@]4(C)C=C[C@@H]32)C1. The first-order valence-corrected chi connectivity index (χ1v) is 12.3. The van der Waals surface area contributed by atoms with Crippen molar-refractivity contribution >= 4 is 5.97 Å². The highest BCUT2D eigenvalue weighted by atomic mass is 16.5. The van der Waals surface area contributed by atoms with E-state index < -0.39 is 5.97 Å². The standard InChI is InChI=1S/C26H42O3/c1-5-29-19-12-14-25(3)18(16-19)7-8-20-22-10-9-21(17(2)6-11-24(27)28)26(22,4)15-13-23(20)25/h13,15,17-23H,5-12,14,16H2,1-4H3,(H,27,28)/t17-,18-,19+,20?,21-,22+,23+,25+,26-/m1/s1. The molecule has 0 heterocycles. The van der Waals surface area contributed by atoms with Crippen LogP contribution in [-0.4, -0.2) is 23.8 Å². The minimum Gasteiger partial charge on any atom is -0.481 e. The number of carboxylic acid groups (broad SMARTS) is 1. The van der Waals surface area contributed by atoms with E-state index in [2.05, 4.69) is 39.8 Å². The molecule has 0 aliphatic heterocycles. The Morgan fingerprint density at radius 3 is 2.72 bits per heavy atom. The lowest BCUT2D eigenvalue weighted by Gasteiger charge is -2.59. The van der Waals surface area contributed by atoms with Crippen LogP contribution in [0.5, 0.6) is 0 Å². The highest BCUT2D eigenvalue weighted by Gasteiger charge is 2.58. The van der Waals surface area contributed by atoms with Crippen molar-refractivity contribution in [3.63, 3.8) is 0 Å². The second-order valence-electron chi connectivity index (χ2n) is 11.2. The van der Waals surface area contributed by atoms with Gasteiger partial charge >= 0.3 is 5.97 Å². The quantitative estimate of drug-likeness (QED) is 0.528. The van der Waals surface area contributed by atoms with Crippen molar-refractivity contribution in [3.8, 4) is 0 Å². The van der Waals surface area contributed by atoms with Crippen molar-refractivity contribution in [1.82, 2.24) is 0 Å². The van der Waals surface area contributed by atoms with Gasteiger partial charge in [-0.2, -0.15) is 0 Å². The first-order valence-electron chi connectivity index (χ1n) is 12.3. The summed E-state index contributed by atoms with van der Waals surface area (Å²) in [5.41, 5.74) is 0.714. The van der Waals surface area contributed by atoms with Crippen LogP contribution in [0.3, 0.4) is 0 Å². The third-order valence-electron chi connectivity index (χ3n) is 10.0. The molecule has 3 heteroatoms. The van der Waals surface area contributed by atoms with Crippen LogP contribution in [-0.2, 0) is 9.53 Å². The van der Waals surface area contributed by atoms with Gasteiger partial charge in [-0.15, -0.1) is 0 Å². The fourth-order valence-corrected chi connectivity index (χ4v) is 8.47. The lowest BCUT2D eigenvalue weighted by molar-refractivity contribution is -0.137. The molecule has 0 amide bonds. The van der Waals surface area contributed by atoms with Crippen LogP contribution in [0.1, 0.15) is 85.5 Å². The number of aliphatic carboxylic acids is 1. The zero-order chi connectivity index (χ0) is 20.8. The van der Waals surface area contributed by atoms with Crippen LogP contribution in [0.4, 0.5) is 0 Å². The normalized spacial score (nSPS) is 47.2. The summed E-state index contributed by atoms with van der Waals surface area (Å²) in [5.74, 6) is 3.65. The summed E-state index contributed by atoms with van der Waals surface area (Å²) in [7, 11) is 0. The molecular formula is C26H42O3. The van der Waals surface area contributed by atoms with Crippen LogP contribution in [0, 0.1) is 46.3 Å². The number of carboxylic acids is 1. The van der Waals surface area contributed by atoms with Gasteiger partial charge in [-0.1, -0.05) is 32.9 Å². The minimum absolute atomic E-state index is 0.269. The molecule has 4 aliphatic carbocycles. The molecule has 3 saturated carbocycles. The second kappa shape index (κ2) is 8.02. The van der Waals surface area contributed by atoms with Crippen LogP contribution >= 0.6 is 0 Å². The molecule has 164 valence electrons. The number of carbonyl (C=O) groups is 1. The summed E-state index contributed by atoms with van der Waals surface area (Å²) >= 11 is 0. The van der Waals surface area contributed by atoms with Gasteiger partial charge in [0.1, 0.15) is 0 Å². The van der Waals surface area contributed by atoms with Gasteiger partial charge in [0.15, 0.2) is 0 Å². The van der Waals surface area contributed by atoms with Gasteiger partial charge < -0.3 is 9.84 Å². The monoisotopic (exact) mass is 402 g/mol. The van der Waals surface area contributed by atoms with E-state index in [1.54, 1.807) is 0 Å². The number of ether oxygens (including phenoxy) is 1.